The van der Waals surface area contributed by atoms with E-state index in [1.165, 1.54) is 4.31 Å². The molecule has 18 heavy (non-hydrogen) atoms. The average molecular weight is 290 g/mol. The molecule has 0 unspecified atom stereocenters. The van der Waals surface area contributed by atoms with Crippen LogP contribution in [0.15, 0.2) is 29.2 Å². The van der Waals surface area contributed by atoms with Gasteiger partial charge in [0.25, 0.3) is 0 Å². The number of nitrogens with zero attached hydrogens (tertiary/aromatic N) is 1. The number of benzene rings is 1. The fraction of sp³-hybridized carbons (Fsp3) is 0.500. The highest BCUT2D eigenvalue weighted by Gasteiger charge is 2.31. The zero-order valence-corrected chi connectivity index (χ0v) is 11.5. The number of rotatable bonds is 4. The van der Waals surface area contributed by atoms with Crippen molar-refractivity contribution in [1.82, 2.24) is 4.31 Å². The molecule has 0 aliphatic carbocycles. The first-order chi connectivity index (χ1) is 8.54. The third-order valence-electron chi connectivity index (χ3n) is 3.07. The second kappa shape index (κ2) is 5.57. The molecule has 4 nitrogen and oxygen atoms in total. The Morgan fingerprint density at radius 1 is 1.33 bits per heavy atom. The lowest BCUT2D eigenvalue weighted by Crippen LogP contribution is -2.29. The first-order valence-electron chi connectivity index (χ1n) is 5.87. The van der Waals surface area contributed by atoms with Gasteiger partial charge in [-0.25, -0.2) is 8.42 Å². The molecule has 6 heteroatoms. The summed E-state index contributed by atoms with van der Waals surface area (Å²) >= 11 is 5.63. The minimum atomic E-state index is -3.46. The summed E-state index contributed by atoms with van der Waals surface area (Å²) in [5.41, 5.74) is 1.02. The molecule has 0 spiro atoms. The van der Waals surface area contributed by atoms with Gasteiger partial charge < -0.3 is 5.11 Å². The van der Waals surface area contributed by atoms with Crippen LogP contribution >= 0.6 is 11.6 Å². The summed E-state index contributed by atoms with van der Waals surface area (Å²) < 4.78 is 25.8. The molecule has 0 saturated carbocycles. The van der Waals surface area contributed by atoms with Gasteiger partial charge >= 0.3 is 0 Å². The maximum absolute atomic E-state index is 12.2. The summed E-state index contributed by atoms with van der Waals surface area (Å²) in [4.78, 5) is 0.273. The molecule has 2 rings (SSSR count). The summed E-state index contributed by atoms with van der Waals surface area (Å²) in [6, 6.07) is 6.76. The molecule has 1 heterocycles. The molecular weight excluding hydrogens is 274 g/mol. The number of hydrogen-bond donors (Lipinski definition) is 1. The average Bonchev–Trinajstić information content (AvgIpc) is 2.78. The van der Waals surface area contributed by atoms with Crippen LogP contribution in [0.5, 0.6) is 0 Å². The highest BCUT2D eigenvalue weighted by Crippen LogP contribution is 2.21. The molecule has 0 aromatic heterocycles. The molecule has 1 aliphatic heterocycles. The molecule has 1 saturated heterocycles. The van der Waals surface area contributed by atoms with Crippen LogP contribution in [-0.2, 0) is 16.4 Å². The maximum atomic E-state index is 12.2. The summed E-state index contributed by atoms with van der Waals surface area (Å²) in [5, 5.41) is 9.40. The topological polar surface area (TPSA) is 57.6 Å². The van der Waals surface area contributed by atoms with Crippen LogP contribution in [0.25, 0.3) is 0 Å². The van der Waals surface area contributed by atoms with E-state index in [2.05, 4.69) is 0 Å². The van der Waals surface area contributed by atoms with Crippen LogP contribution in [0.4, 0.5) is 0 Å². The molecule has 100 valence electrons. The first-order valence-corrected chi connectivity index (χ1v) is 7.84. The van der Waals surface area contributed by atoms with Crippen molar-refractivity contribution in [2.45, 2.75) is 23.8 Å². The van der Waals surface area contributed by atoms with Gasteiger partial charge in [-0.05, 0) is 30.5 Å². The molecule has 1 fully saturated rings. The molecule has 0 bridgehead atoms. The van der Waals surface area contributed by atoms with E-state index < -0.39 is 16.1 Å². The van der Waals surface area contributed by atoms with Gasteiger partial charge in [-0.15, -0.1) is 11.6 Å². The summed E-state index contributed by atoms with van der Waals surface area (Å²) in [7, 11) is -3.46. The van der Waals surface area contributed by atoms with Crippen LogP contribution < -0.4 is 0 Å². The van der Waals surface area contributed by atoms with Gasteiger partial charge in [-0.1, -0.05) is 12.1 Å². The first kappa shape index (κ1) is 13.8. The normalized spacial score (nSPS) is 21.3. The number of aliphatic hydroxyl groups excluding tert-OH is 1. The number of hydrogen-bond acceptors (Lipinski definition) is 3. The van der Waals surface area contributed by atoms with E-state index in [0.29, 0.717) is 18.8 Å². The van der Waals surface area contributed by atoms with Gasteiger partial charge in [0.2, 0.25) is 10.0 Å². The van der Waals surface area contributed by atoms with E-state index in [1.807, 2.05) is 0 Å². The lowest BCUT2D eigenvalue weighted by atomic mass is 10.2. The monoisotopic (exact) mass is 289 g/mol. The Morgan fingerprint density at radius 3 is 2.50 bits per heavy atom. The zero-order chi connectivity index (χ0) is 13.2. The van der Waals surface area contributed by atoms with Crippen LogP contribution in [0.3, 0.4) is 0 Å². The van der Waals surface area contributed by atoms with Gasteiger partial charge in [0.05, 0.1) is 11.0 Å². The van der Waals surface area contributed by atoms with Gasteiger partial charge in [0.1, 0.15) is 0 Å². The van der Waals surface area contributed by atoms with Crippen molar-refractivity contribution in [1.29, 1.82) is 0 Å². The number of sulfonamides is 1. The minimum absolute atomic E-state index is 0.186. The minimum Gasteiger partial charge on any atom is -0.392 e. The summed E-state index contributed by atoms with van der Waals surface area (Å²) in [6.45, 7) is 0.568. The Morgan fingerprint density at radius 2 is 2.00 bits per heavy atom. The molecule has 0 radical (unpaired) electrons. The van der Waals surface area contributed by atoms with Gasteiger partial charge in [-0.3, -0.25) is 0 Å². The van der Waals surface area contributed by atoms with E-state index in [4.69, 9.17) is 11.6 Å². The molecule has 1 aromatic carbocycles. The van der Waals surface area contributed by atoms with Crippen LogP contribution in [-0.4, -0.2) is 42.9 Å². The maximum Gasteiger partial charge on any atom is 0.243 e. The molecule has 1 aliphatic rings. The fourth-order valence-corrected chi connectivity index (χ4v) is 3.73. The van der Waals surface area contributed by atoms with Crippen molar-refractivity contribution in [2.75, 3.05) is 19.0 Å². The van der Waals surface area contributed by atoms with Crippen molar-refractivity contribution in [3.05, 3.63) is 29.8 Å². The highest BCUT2D eigenvalue weighted by atomic mass is 35.5. The van der Waals surface area contributed by atoms with Gasteiger partial charge in [0.15, 0.2) is 0 Å². The molecule has 1 N–H and O–H groups in total. The Labute approximate surface area is 112 Å². The largest absolute Gasteiger partial charge is 0.392 e. The second-order valence-corrected chi connectivity index (χ2v) is 6.70. The quantitative estimate of drug-likeness (QED) is 0.848. The van der Waals surface area contributed by atoms with Gasteiger partial charge in [0, 0.05) is 19.0 Å². The Kier molecular flexibility index (Phi) is 4.27. The van der Waals surface area contributed by atoms with Crippen molar-refractivity contribution in [3.63, 3.8) is 0 Å². The number of aliphatic hydroxyl groups is 1. The van der Waals surface area contributed by atoms with E-state index in [-0.39, 0.29) is 11.4 Å². The second-order valence-electron chi connectivity index (χ2n) is 4.39. The Balaban J connectivity index is 2.19. The smallest absolute Gasteiger partial charge is 0.243 e. The molecule has 1 atom stereocenters. The predicted molar refractivity (Wildman–Crippen MR) is 70.2 cm³/mol. The van der Waals surface area contributed by atoms with Gasteiger partial charge in [-0.2, -0.15) is 4.31 Å². The van der Waals surface area contributed by atoms with E-state index >= 15 is 0 Å². The van der Waals surface area contributed by atoms with Crippen LogP contribution in [0.2, 0.25) is 0 Å². The zero-order valence-electron chi connectivity index (χ0n) is 9.92. The van der Waals surface area contributed by atoms with Crippen LogP contribution in [0, 0.1) is 0 Å². The molecule has 0 amide bonds. The fourth-order valence-electron chi connectivity index (χ4n) is 2.02. The Hall–Kier alpha value is -0.620. The molecule has 1 aromatic rings. The predicted octanol–water partition coefficient (Wildman–Crippen LogP) is 1.22. The summed E-state index contributed by atoms with van der Waals surface area (Å²) in [6.07, 6.45) is 0.684. The highest BCUT2D eigenvalue weighted by molar-refractivity contribution is 7.89. The number of alkyl halides is 1. The molecular formula is C12H16ClNO3S. The van der Waals surface area contributed by atoms with E-state index in [0.717, 1.165) is 12.0 Å². The van der Waals surface area contributed by atoms with Crippen molar-refractivity contribution >= 4 is 21.6 Å². The lowest BCUT2D eigenvalue weighted by Gasteiger charge is -2.15. The van der Waals surface area contributed by atoms with Crippen molar-refractivity contribution in [2.24, 2.45) is 0 Å². The Bertz CT molecular complexity index is 501. The van der Waals surface area contributed by atoms with E-state index in [1.54, 1.807) is 24.3 Å². The standard InChI is InChI=1S/C12H16ClNO3S/c13-7-5-10-1-3-12(4-2-10)18(16,17)14-8-6-11(15)9-14/h1-4,11,15H,5-9H2/t11-/m0/s1. The van der Waals surface area contributed by atoms with Crippen molar-refractivity contribution < 1.29 is 13.5 Å². The third kappa shape index (κ3) is 2.85. The SMILES string of the molecule is O=S(=O)(c1ccc(CCCl)cc1)N1CC[C@H](O)C1. The number of β-amino-alcohol motifs (C(OH)–C–C–N with tert-alkyl or cyclic N) is 1. The van der Waals surface area contributed by atoms with Crippen LogP contribution in [0.1, 0.15) is 12.0 Å². The number of halogens is 1. The third-order valence-corrected chi connectivity index (χ3v) is 5.14. The lowest BCUT2D eigenvalue weighted by molar-refractivity contribution is 0.189. The number of aryl methyl sites for hydroxylation is 1. The van der Waals surface area contributed by atoms with Crippen molar-refractivity contribution in [3.8, 4) is 0 Å². The van der Waals surface area contributed by atoms with E-state index in [9.17, 15) is 13.5 Å². The summed E-state index contributed by atoms with van der Waals surface area (Å²) in [5.74, 6) is 0.518.